The molecule has 1 saturated carbocycles. The fraction of sp³-hybridized carbons (Fsp3) is 0.296. The van der Waals surface area contributed by atoms with Gasteiger partial charge in [0.25, 0.3) is 5.91 Å². The maximum absolute atomic E-state index is 13.2. The predicted octanol–water partition coefficient (Wildman–Crippen LogP) is 4.86. The number of benzene rings is 1. The number of imidazole rings is 1. The van der Waals surface area contributed by atoms with Crippen molar-refractivity contribution in [3.63, 3.8) is 0 Å². The Hall–Kier alpha value is -3.85. The molecule has 0 atom stereocenters. The Kier molecular flexibility index (Phi) is 5.44. The lowest BCUT2D eigenvalue weighted by Gasteiger charge is -2.46. The number of amides is 2. The first-order valence-electron chi connectivity index (χ1n) is 12.0. The molecule has 0 unspecified atom stereocenters. The Morgan fingerprint density at radius 1 is 1.19 bits per heavy atom. The van der Waals surface area contributed by atoms with Crippen molar-refractivity contribution in [2.75, 3.05) is 18.4 Å². The third-order valence-electron chi connectivity index (χ3n) is 7.33. The third kappa shape index (κ3) is 3.89. The van der Waals surface area contributed by atoms with Gasteiger partial charge in [0.2, 0.25) is 11.9 Å². The Morgan fingerprint density at radius 2 is 2.03 bits per heavy atom. The summed E-state index contributed by atoms with van der Waals surface area (Å²) < 4.78 is 2.17. The number of carbonyl (C=O) groups excluding carboxylic acids is 2. The van der Waals surface area contributed by atoms with Gasteiger partial charge in [0.05, 0.1) is 26.5 Å². The van der Waals surface area contributed by atoms with Crippen molar-refractivity contribution in [2.24, 2.45) is 5.41 Å². The summed E-state index contributed by atoms with van der Waals surface area (Å²) in [6.45, 7) is 7.09. The first-order valence-corrected chi connectivity index (χ1v) is 12.8. The maximum atomic E-state index is 13.2. The number of aryl methyl sites for hydroxylation is 1. The molecule has 9 heteroatoms. The molecule has 0 bridgehead atoms. The lowest BCUT2D eigenvalue weighted by molar-refractivity contribution is -0.125. The summed E-state index contributed by atoms with van der Waals surface area (Å²) >= 11 is 1.40. The number of nitrogens with one attached hydrogen (secondary N) is 1. The van der Waals surface area contributed by atoms with Crippen LogP contribution in [-0.2, 0) is 4.79 Å². The van der Waals surface area contributed by atoms with Crippen LogP contribution in [0, 0.1) is 12.3 Å². The van der Waals surface area contributed by atoms with Crippen LogP contribution >= 0.6 is 11.3 Å². The predicted molar refractivity (Wildman–Crippen MR) is 140 cm³/mol. The van der Waals surface area contributed by atoms with E-state index in [9.17, 15) is 9.59 Å². The highest BCUT2D eigenvalue weighted by Crippen LogP contribution is 2.55. The summed E-state index contributed by atoms with van der Waals surface area (Å²) in [5.74, 6) is 0.376. The number of likely N-dealkylation sites (tertiary alicyclic amines) is 1. The summed E-state index contributed by atoms with van der Waals surface area (Å²) in [6.07, 6.45) is 5.83. The van der Waals surface area contributed by atoms with E-state index in [1.165, 1.54) is 23.7 Å². The molecule has 0 radical (unpaired) electrons. The highest BCUT2D eigenvalue weighted by Gasteiger charge is 2.50. The number of fused-ring (bicyclic) bond motifs is 1. The van der Waals surface area contributed by atoms with Crippen LogP contribution in [0.15, 0.2) is 61.4 Å². The molecule has 1 spiro atoms. The molecule has 2 amide bonds. The van der Waals surface area contributed by atoms with Crippen LogP contribution in [0.2, 0.25) is 0 Å². The van der Waals surface area contributed by atoms with E-state index in [0.29, 0.717) is 10.8 Å². The normalized spacial score (nSPS) is 21.0. The SMILES string of the molecule is C=CC(=O)N1CC[C@]2(C1)C[C@H](n1c(NC(=O)c3ccc(-c4cc(C)ncn4)s3)nc3ccccc31)C2. The summed E-state index contributed by atoms with van der Waals surface area (Å²) in [5.41, 5.74) is 3.68. The summed E-state index contributed by atoms with van der Waals surface area (Å²) in [5, 5.41) is 3.07. The minimum atomic E-state index is -0.189. The average molecular weight is 499 g/mol. The van der Waals surface area contributed by atoms with Crippen molar-refractivity contribution < 1.29 is 9.59 Å². The second-order valence-corrected chi connectivity index (χ2v) is 10.8. The van der Waals surface area contributed by atoms with E-state index >= 15 is 0 Å². The van der Waals surface area contributed by atoms with Gasteiger partial charge in [-0.2, -0.15) is 0 Å². The van der Waals surface area contributed by atoms with E-state index < -0.39 is 0 Å². The zero-order valence-corrected chi connectivity index (χ0v) is 20.8. The zero-order valence-electron chi connectivity index (χ0n) is 20.0. The first kappa shape index (κ1) is 22.6. The fourth-order valence-corrected chi connectivity index (χ4v) is 6.43. The molecule has 1 saturated heterocycles. The molecular weight excluding hydrogens is 472 g/mol. The molecule has 36 heavy (non-hydrogen) atoms. The fourth-order valence-electron chi connectivity index (χ4n) is 5.56. The van der Waals surface area contributed by atoms with E-state index in [1.54, 1.807) is 0 Å². The van der Waals surface area contributed by atoms with Crippen LogP contribution in [0.5, 0.6) is 0 Å². The maximum Gasteiger partial charge on any atom is 0.268 e. The van der Waals surface area contributed by atoms with Gasteiger partial charge in [-0.05, 0) is 68.0 Å². The summed E-state index contributed by atoms with van der Waals surface area (Å²) in [6, 6.07) is 13.8. The molecule has 4 aromatic rings. The number of thiophene rings is 1. The van der Waals surface area contributed by atoms with E-state index in [4.69, 9.17) is 4.98 Å². The average Bonchev–Trinajstić information content (AvgIpc) is 3.59. The van der Waals surface area contributed by atoms with Crippen molar-refractivity contribution in [1.29, 1.82) is 0 Å². The molecule has 6 rings (SSSR count). The van der Waals surface area contributed by atoms with Gasteiger partial charge in [0.15, 0.2) is 0 Å². The second kappa shape index (κ2) is 8.67. The van der Waals surface area contributed by atoms with Gasteiger partial charge >= 0.3 is 0 Å². The van der Waals surface area contributed by atoms with Crippen LogP contribution in [0.25, 0.3) is 21.6 Å². The number of anilines is 1. The van der Waals surface area contributed by atoms with E-state index in [-0.39, 0.29) is 23.3 Å². The molecule has 8 nitrogen and oxygen atoms in total. The highest BCUT2D eigenvalue weighted by molar-refractivity contribution is 7.17. The number of aromatic nitrogens is 4. The van der Waals surface area contributed by atoms with Gasteiger partial charge in [-0.15, -0.1) is 11.3 Å². The Morgan fingerprint density at radius 3 is 2.83 bits per heavy atom. The minimum absolute atomic E-state index is 0.00352. The molecule has 4 heterocycles. The minimum Gasteiger partial charge on any atom is -0.339 e. The number of rotatable bonds is 5. The summed E-state index contributed by atoms with van der Waals surface area (Å²) in [7, 11) is 0. The van der Waals surface area contributed by atoms with Gasteiger partial charge in [-0.1, -0.05) is 18.7 Å². The molecular formula is C27H26N6O2S. The summed E-state index contributed by atoms with van der Waals surface area (Å²) in [4.78, 5) is 42.0. The molecule has 2 aliphatic rings. The third-order valence-corrected chi connectivity index (χ3v) is 8.44. The lowest BCUT2D eigenvalue weighted by Crippen LogP contribution is -2.42. The Bertz CT molecular complexity index is 1500. The quantitative estimate of drug-likeness (QED) is 0.397. The van der Waals surface area contributed by atoms with Crippen LogP contribution in [-0.4, -0.2) is 49.3 Å². The molecule has 2 fully saturated rings. The van der Waals surface area contributed by atoms with Crippen LogP contribution in [0.4, 0.5) is 5.95 Å². The Labute approximate surface area is 212 Å². The van der Waals surface area contributed by atoms with Crippen LogP contribution < -0.4 is 5.32 Å². The molecule has 3 aromatic heterocycles. The highest BCUT2D eigenvalue weighted by atomic mass is 32.1. The molecule has 1 aromatic carbocycles. The van der Waals surface area contributed by atoms with Gasteiger partial charge < -0.3 is 9.47 Å². The largest absolute Gasteiger partial charge is 0.339 e. The van der Waals surface area contributed by atoms with Gasteiger partial charge in [-0.25, -0.2) is 15.0 Å². The van der Waals surface area contributed by atoms with Crippen molar-refractivity contribution in [3.05, 3.63) is 72.0 Å². The van der Waals surface area contributed by atoms with Gasteiger partial charge in [-0.3, -0.25) is 14.9 Å². The monoisotopic (exact) mass is 498 g/mol. The first-order chi connectivity index (χ1) is 17.4. The molecule has 1 N–H and O–H groups in total. The topological polar surface area (TPSA) is 93.0 Å². The second-order valence-electron chi connectivity index (χ2n) is 9.73. The molecule has 182 valence electrons. The van der Waals surface area contributed by atoms with Crippen LogP contribution in [0.1, 0.15) is 40.7 Å². The van der Waals surface area contributed by atoms with E-state index in [1.807, 2.05) is 54.3 Å². The van der Waals surface area contributed by atoms with Gasteiger partial charge in [0.1, 0.15) is 6.33 Å². The lowest BCUT2D eigenvalue weighted by atomic mass is 9.65. The standard InChI is InChI=1S/C27H26N6O2S/c1-3-24(34)32-11-10-27(15-32)13-18(14-27)33-21-7-5-4-6-19(21)30-26(33)31-25(35)23-9-8-22(36-23)20-12-17(2)28-16-29-20/h3-9,12,16,18H,1,10-11,13-15H2,2H3,(H,30,31,35)/t18-,27-. The zero-order chi connectivity index (χ0) is 24.9. The van der Waals surface area contributed by atoms with E-state index in [2.05, 4.69) is 26.4 Å². The number of nitrogens with zero attached hydrogens (tertiary/aromatic N) is 5. The van der Waals surface area contributed by atoms with Crippen molar-refractivity contribution in [3.8, 4) is 10.6 Å². The number of carbonyl (C=O) groups is 2. The van der Waals surface area contributed by atoms with Crippen molar-refractivity contribution >= 4 is 40.1 Å². The number of hydrogen-bond donors (Lipinski definition) is 1. The Balaban J connectivity index is 1.24. The smallest absolute Gasteiger partial charge is 0.268 e. The van der Waals surface area contributed by atoms with Crippen molar-refractivity contribution in [1.82, 2.24) is 24.4 Å². The number of para-hydroxylation sites is 2. The molecule has 1 aliphatic carbocycles. The van der Waals surface area contributed by atoms with Gasteiger partial charge in [0, 0.05) is 24.8 Å². The van der Waals surface area contributed by atoms with Crippen molar-refractivity contribution in [2.45, 2.75) is 32.2 Å². The van der Waals surface area contributed by atoms with Crippen LogP contribution in [0.3, 0.4) is 0 Å². The van der Waals surface area contributed by atoms with E-state index in [0.717, 1.165) is 59.7 Å². The molecule has 1 aliphatic heterocycles. The number of hydrogen-bond acceptors (Lipinski definition) is 6.